The van der Waals surface area contributed by atoms with Crippen LogP contribution in [0.2, 0.25) is 0 Å². The van der Waals surface area contributed by atoms with Crippen molar-refractivity contribution in [3.05, 3.63) is 22.7 Å². The molecule has 0 amide bonds. The second kappa shape index (κ2) is 8.81. The summed E-state index contributed by atoms with van der Waals surface area (Å²) in [6, 6.07) is 2.63. The van der Waals surface area contributed by atoms with Crippen molar-refractivity contribution in [2.45, 2.75) is 63.5 Å². The maximum absolute atomic E-state index is 12.5. The number of hydrogen-bond acceptors (Lipinski definition) is 7. The minimum atomic E-state index is -0.183. The van der Waals surface area contributed by atoms with Gasteiger partial charge in [-0.05, 0) is 57.1 Å². The lowest BCUT2D eigenvalue weighted by Crippen LogP contribution is -2.46. The van der Waals surface area contributed by atoms with Crippen LogP contribution in [-0.2, 0) is 20.7 Å². The van der Waals surface area contributed by atoms with Gasteiger partial charge in [0, 0.05) is 30.2 Å². The topological polar surface area (TPSA) is 60.9 Å². The molecule has 162 valence electrons. The number of fused-ring (bicyclic) bond motifs is 3. The molecule has 3 heterocycles. The number of aromatic nitrogens is 1. The second-order valence-electron chi connectivity index (χ2n) is 8.47. The molecule has 1 atom stereocenters. The molecule has 0 aromatic carbocycles. The lowest BCUT2D eigenvalue weighted by Gasteiger charge is -2.38. The lowest BCUT2D eigenvalue weighted by molar-refractivity contribution is -0.144. The van der Waals surface area contributed by atoms with Crippen LogP contribution in [0.3, 0.4) is 0 Å². The maximum Gasteiger partial charge on any atom is 0.313 e. The number of rotatable bonds is 5. The van der Waals surface area contributed by atoms with Crippen molar-refractivity contribution < 1.29 is 19.0 Å². The fourth-order valence-corrected chi connectivity index (χ4v) is 6.50. The first-order valence-electron chi connectivity index (χ1n) is 11.3. The van der Waals surface area contributed by atoms with Gasteiger partial charge in [-0.2, -0.15) is 0 Å². The lowest BCUT2D eigenvalue weighted by atomic mass is 9.91. The molecule has 2 aliphatic carbocycles. The molecule has 30 heavy (non-hydrogen) atoms. The predicted molar refractivity (Wildman–Crippen MR) is 116 cm³/mol. The summed E-state index contributed by atoms with van der Waals surface area (Å²) in [4.78, 5) is 22.0. The number of pyridine rings is 1. The van der Waals surface area contributed by atoms with E-state index in [-0.39, 0.29) is 18.0 Å². The van der Waals surface area contributed by atoms with E-state index in [2.05, 4.69) is 9.88 Å². The summed E-state index contributed by atoms with van der Waals surface area (Å²) in [5.74, 6) is 0.595. The number of morpholine rings is 1. The zero-order valence-electron chi connectivity index (χ0n) is 17.6. The van der Waals surface area contributed by atoms with E-state index in [1.165, 1.54) is 17.7 Å². The number of esters is 1. The Labute approximate surface area is 181 Å². The van der Waals surface area contributed by atoms with E-state index in [4.69, 9.17) is 14.2 Å². The normalized spacial score (nSPS) is 27.2. The Morgan fingerprint density at radius 1 is 1.23 bits per heavy atom. The molecule has 2 fully saturated rings. The van der Waals surface area contributed by atoms with E-state index >= 15 is 0 Å². The first-order chi connectivity index (χ1) is 14.7. The smallest absolute Gasteiger partial charge is 0.313 e. The highest BCUT2D eigenvalue weighted by molar-refractivity contribution is 7.19. The fraction of sp³-hybridized carbons (Fsp3) is 0.652. The van der Waals surface area contributed by atoms with Crippen LogP contribution in [0.4, 0.5) is 0 Å². The van der Waals surface area contributed by atoms with E-state index in [1.807, 2.05) is 19.2 Å². The van der Waals surface area contributed by atoms with Gasteiger partial charge in [0.05, 0.1) is 37.2 Å². The summed E-state index contributed by atoms with van der Waals surface area (Å²) in [6.07, 6.45) is 8.30. The van der Waals surface area contributed by atoms with Crippen LogP contribution >= 0.6 is 11.3 Å². The molecule has 0 spiro atoms. The summed E-state index contributed by atoms with van der Waals surface area (Å²) in [5, 5.41) is 1.04. The van der Waals surface area contributed by atoms with Crippen LogP contribution in [0.15, 0.2) is 12.3 Å². The third-order valence-corrected chi connectivity index (χ3v) is 7.92. The van der Waals surface area contributed by atoms with Gasteiger partial charge < -0.3 is 14.2 Å². The third-order valence-electron chi connectivity index (χ3n) is 6.75. The Morgan fingerprint density at radius 3 is 2.80 bits per heavy atom. The maximum atomic E-state index is 12.5. The number of thiophene rings is 1. The van der Waals surface area contributed by atoms with Crippen molar-refractivity contribution in [2.75, 3.05) is 32.9 Å². The van der Waals surface area contributed by atoms with E-state index in [9.17, 15) is 4.79 Å². The molecule has 5 rings (SSSR count). The summed E-state index contributed by atoms with van der Waals surface area (Å²) in [7, 11) is 0. The molecule has 0 bridgehead atoms. The van der Waals surface area contributed by atoms with Crippen LogP contribution in [0.25, 0.3) is 10.2 Å². The van der Waals surface area contributed by atoms with Gasteiger partial charge in [-0.3, -0.25) is 9.69 Å². The molecule has 6 nitrogen and oxygen atoms in total. The molecule has 0 unspecified atom stereocenters. The summed E-state index contributed by atoms with van der Waals surface area (Å²) < 4.78 is 17.4. The molecular weight excluding hydrogens is 400 g/mol. The highest BCUT2D eigenvalue weighted by Crippen LogP contribution is 2.47. The summed E-state index contributed by atoms with van der Waals surface area (Å²) >= 11 is 1.70. The minimum Gasteiger partial charge on any atom is -0.490 e. The van der Waals surface area contributed by atoms with Crippen LogP contribution in [-0.4, -0.2) is 60.9 Å². The van der Waals surface area contributed by atoms with Crippen molar-refractivity contribution in [3.63, 3.8) is 0 Å². The molecule has 3 aliphatic rings. The third kappa shape index (κ3) is 3.83. The Balaban J connectivity index is 1.33. The Morgan fingerprint density at radius 2 is 2.03 bits per heavy atom. The molecule has 2 aromatic rings. The number of aryl methyl sites for hydroxylation is 1. The van der Waals surface area contributed by atoms with E-state index in [0.717, 1.165) is 73.5 Å². The van der Waals surface area contributed by atoms with Gasteiger partial charge in [-0.25, -0.2) is 4.98 Å². The van der Waals surface area contributed by atoms with Crippen LogP contribution in [0.1, 0.15) is 55.4 Å². The molecule has 2 aromatic heterocycles. The van der Waals surface area contributed by atoms with Gasteiger partial charge in [0.1, 0.15) is 10.6 Å². The molecular formula is C23H30N2O4S. The van der Waals surface area contributed by atoms with Crippen molar-refractivity contribution in [1.82, 2.24) is 9.88 Å². The monoisotopic (exact) mass is 430 g/mol. The van der Waals surface area contributed by atoms with Crippen molar-refractivity contribution in [3.8, 4) is 5.75 Å². The molecule has 0 N–H and O–H groups in total. The standard InChI is InChI=1S/C23H30N2O4S/c1-2-28-23(26)17-7-8-19-20(17)21-18(9-10-24-22(21)30-19)29-16-5-3-15(4-6-16)25-11-13-27-14-12-25/h9-10,15-17H,2-8,11-14H2,1H3/t15?,16?,17-/m0/s1. The number of ether oxygens (including phenoxy) is 3. The van der Waals surface area contributed by atoms with E-state index < -0.39 is 0 Å². The van der Waals surface area contributed by atoms with Crippen molar-refractivity contribution in [1.29, 1.82) is 0 Å². The Bertz CT molecular complexity index is 900. The fourth-order valence-electron chi connectivity index (χ4n) is 5.26. The van der Waals surface area contributed by atoms with Crippen molar-refractivity contribution in [2.24, 2.45) is 0 Å². The summed E-state index contributed by atoms with van der Waals surface area (Å²) in [5.41, 5.74) is 1.11. The van der Waals surface area contributed by atoms with Gasteiger partial charge in [0.25, 0.3) is 0 Å². The highest BCUT2D eigenvalue weighted by Gasteiger charge is 2.35. The zero-order chi connectivity index (χ0) is 20.5. The SMILES string of the molecule is CCOC(=O)[C@H]1CCc2sc3nccc(OC4CCC(N5CCOCC5)CC4)c3c21. The van der Waals surface area contributed by atoms with Gasteiger partial charge in [-0.15, -0.1) is 11.3 Å². The number of nitrogens with zero attached hydrogens (tertiary/aromatic N) is 2. The van der Waals surface area contributed by atoms with Gasteiger partial charge in [0.15, 0.2) is 0 Å². The second-order valence-corrected chi connectivity index (χ2v) is 9.55. The average Bonchev–Trinajstić information content (AvgIpc) is 3.35. The first kappa shape index (κ1) is 20.2. The number of carbonyl (C=O) groups is 1. The largest absolute Gasteiger partial charge is 0.490 e. The minimum absolute atomic E-state index is 0.114. The molecule has 1 saturated heterocycles. The molecule has 1 aliphatic heterocycles. The predicted octanol–water partition coefficient (Wildman–Crippen LogP) is 3.91. The van der Waals surface area contributed by atoms with E-state index in [0.29, 0.717) is 12.6 Å². The van der Waals surface area contributed by atoms with Gasteiger partial charge in [0.2, 0.25) is 0 Å². The molecule has 0 radical (unpaired) electrons. The molecule has 1 saturated carbocycles. The van der Waals surface area contributed by atoms with Crippen LogP contribution in [0.5, 0.6) is 5.75 Å². The highest BCUT2D eigenvalue weighted by atomic mass is 32.1. The zero-order valence-corrected chi connectivity index (χ0v) is 18.4. The Hall–Kier alpha value is -1.70. The molecule has 7 heteroatoms. The van der Waals surface area contributed by atoms with Crippen LogP contribution < -0.4 is 4.74 Å². The van der Waals surface area contributed by atoms with Gasteiger partial charge in [-0.1, -0.05) is 0 Å². The quantitative estimate of drug-likeness (QED) is 0.671. The number of hydrogen-bond donors (Lipinski definition) is 0. The van der Waals surface area contributed by atoms with E-state index in [1.54, 1.807) is 11.3 Å². The Kier molecular flexibility index (Phi) is 5.94. The van der Waals surface area contributed by atoms with Crippen molar-refractivity contribution >= 4 is 27.5 Å². The van der Waals surface area contributed by atoms with Crippen LogP contribution in [0, 0.1) is 0 Å². The average molecular weight is 431 g/mol. The first-order valence-corrected chi connectivity index (χ1v) is 12.1. The summed E-state index contributed by atoms with van der Waals surface area (Å²) in [6.45, 7) is 6.10. The number of carbonyl (C=O) groups excluding carboxylic acids is 1. The van der Waals surface area contributed by atoms with Gasteiger partial charge >= 0.3 is 5.97 Å².